The van der Waals surface area contributed by atoms with Gasteiger partial charge in [-0.15, -0.1) is 0 Å². The fraction of sp³-hybridized carbons (Fsp3) is 0.684. The molecule has 2 heterocycles. The number of carbonyl (C=O) groups excluding carboxylic acids is 1. The van der Waals surface area contributed by atoms with Crippen molar-refractivity contribution in [3.63, 3.8) is 0 Å². The van der Waals surface area contributed by atoms with Crippen LogP contribution in [0.15, 0.2) is 18.3 Å². The second kappa shape index (κ2) is 5.53. The summed E-state index contributed by atoms with van der Waals surface area (Å²) in [5, 5.41) is 0. The zero-order chi connectivity index (χ0) is 16.9. The number of methoxy groups -OCH3 is 1. The first-order valence-corrected chi connectivity index (χ1v) is 9.06. The molecule has 3 aliphatic rings. The van der Waals surface area contributed by atoms with Gasteiger partial charge in [0.25, 0.3) is 5.91 Å². The summed E-state index contributed by atoms with van der Waals surface area (Å²) >= 11 is 0. The highest BCUT2D eigenvalue weighted by Crippen LogP contribution is 2.55. The highest BCUT2D eigenvalue weighted by molar-refractivity contribution is 5.90. The van der Waals surface area contributed by atoms with Crippen LogP contribution in [-0.4, -0.2) is 41.5 Å². The number of carbonyl (C=O) groups is 1. The lowest BCUT2D eigenvalue weighted by Crippen LogP contribution is -2.61. The summed E-state index contributed by atoms with van der Waals surface area (Å²) in [6.45, 7) is 4.55. The number of ether oxygens (including phenoxy) is 1. The minimum Gasteiger partial charge on any atom is -0.373 e. The third-order valence-electron chi connectivity index (χ3n) is 6.74. The molecule has 0 spiro atoms. The summed E-state index contributed by atoms with van der Waals surface area (Å²) in [6.07, 6.45) is 7.93. The molecule has 5 nitrogen and oxygen atoms in total. The van der Waals surface area contributed by atoms with Crippen LogP contribution in [0.5, 0.6) is 0 Å². The van der Waals surface area contributed by atoms with Crippen LogP contribution < -0.4 is 5.73 Å². The van der Waals surface area contributed by atoms with Gasteiger partial charge < -0.3 is 10.5 Å². The Labute approximate surface area is 143 Å². The molecule has 1 saturated heterocycles. The summed E-state index contributed by atoms with van der Waals surface area (Å²) in [7, 11) is 1.82. The van der Waals surface area contributed by atoms with Gasteiger partial charge in [0, 0.05) is 43.8 Å². The molecular formula is C19H27N3O2. The molecule has 5 heteroatoms. The zero-order valence-corrected chi connectivity index (χ0v) is 14.6. The van der Waals surface area contributed by atoms with Crippen molar-refractivity contribution in [1.29, 1.82) is 0 Å². The molecule has 2 aliphatic carbocycles. The monoisotopic (exact) mass is 329 g/mol. The van der Waals surface area contributed by atoms with E-state index in [9.17, 15) is 4.79 Å². The number of likely N-dealkylation sites (tertiary alicyclic amines) is 1. The van der Waals surface area contributed by atoms with E-state index in [4.69, 9.17) is 10.5 Å². The number of nitrogens with zero attached hydrogens (tertiary/aromatic N) is 2. The zero-order valence-electron chi connectivity index (χ0n) is 14.6. The molecule has 4 rings (SSSR count). The number of nitrogens with two attached hydrogens (primary N) is 1. The van der Waals surface area contributed by atoms with Gasteiger partial charge in [0.05, 0.1) is 0 Å². The molecule has 0 radical (unpaired) electrons. The molecule has 3 atom stereocenters. The van der Waals surface area contributed by atoms with Gasteiger partial charge in [-0.1, -0.05) is 6.42 Å². The number of rotatable bonds is 4. The second-order valence-corrected chi connectivity index (χ2v) is 8.02. The quantitative estimate of drug-likeness (QED) is 0.920. The van der Waals surface area contributed by atoms with Crippen LogP contribution in [0.3, 0.4) is 0 Å². The maximum Gasteiger partial charge on any atom is 0.267 e. The smallest absolute Gasteiger partial charge is 0.267 e. The Morgan fingerprint density at radius 1 is 1.33 bits per heavy atom. The number of pyridine rings is 1. The molecule has 0 aromatic carbocycles. The largest absolute Gasteiger partial charge is 0.373 e. The molecule has 24 heavy (non-hydrogen) atoms. The lowest BCUT2D eigenvalue weighted by Gasteiger charge is -2.56. The van der Waals surface area contributed by atoms with Gasteiger partial charge in [-0.25, -0.2) is 0 Å². The van der Waals surface area contributed by atoms with E-state index in [1.165, 1.54) is 32.1 Å². The number of hydrogen-bond acceptors (Lipinski definition) is 4. The first-order chi connectivity index (χ1) is 11.5. The topological polar surface area (TPSA) is 68.5 Å². The van der Waals surface area contributed by atoms with Crippen molar-refractivity contribution in [2.75, 3.05) is 20.2 Å². The van der Waals surface area contributed by atoms with Crippen LogP contribution in [0.1, 0.15) is 55.1 Å². The summed E-state index contributed by atoms with van der Waals surface area (Å²) in [5.74, 6) is 0.433. The van der Waals surface area contributed by atoms with Crippen molar-refractivity contribution < 1.29 is 9.53 Å². The Kier molecular flexibility index (Phi) is 3.69. The van der Waals surface area contributed by atoms with Gasteiger partial charge in [0.1, 0.15) is 11.3 Å². The van der Waals surface area contributed by atoms with E-state index >= 15 is 0 Å². The average Bonchev–Trinajstić information content (AvgIpc) is 3.32. The molecule has 1 aliphatic heterocycles. The average molecular weight is 329 g/mol. The van der Waals surface area contributed by atoms with Gasteiger partial charge in [-0.2, -0.15) is 0 Å². The predicted molar refractivity (Wildman–Crippen MR) is 91.5 cm³/mol. The summed E-state index contributed by atoms with van der Waals surface area (Å²) in [5.41, 5.74) is 6.95. The number of amides is 1. The Balaban J connectivity index is 1.73. The molecule has 130 valence electrons. The first kappa shape index (κ1) is 16.0. The fourth-order valence-corrected chi connectivity index (χ4v) is 5.10. The van der Waals surface area contributed by atoms with Crippen molar-refractivity contribution in [3.05, 3.63) is 29.6 Å². The SMILES string of the molecule is COC1(c2ccnc(C(N)=O)c2)[C@@H]2CCC[C@H]1CN(C1(C)CC1)C2. The van der Waals surface area contributed by atoms with Crippen molar-refractivity contribution >= 4 is 5.91 Å². The minimum absolute atomic E-state index is 0.312. The number of piperidine rings is 1. The van der Waals surface area contributed by atoms with Crippen LogP contribution in [0.25, 0.3) is 0 Å². The molecule has 1 aromatic heterocycles. The Hall–Kier alpha value is -1.46. The summed E-state index contributed by atoms with van der Waals surface area (Å²) in [6, 6.07) is 3.86. The van der Waals surface area contributed by atoms with Crippen molar-refractivity contribution in [3.8, 4) is 0 Å². The van der Waals surface area contributed by atoms with E-state index in [0.29, 0.717) is 23.1 Å². The lowest BCUT2D eigenvalue weighted by atomic mass is 9.62. The number of hydrogen-bond donors (Lipinski definition) is 1. The Bertz CT molecular complexity index is 642. The van der Waals surface area contributed by atoms with Crippen LogP contribution in [0, 0.1) is 11.8 Å². The normalized spacial score (nSPS) is 34.8. The van der Waals surface area contributed by atoms with Gasteiger partial charge in [0.2, 0.25) is 0 Å². The van der Waals surface area contributed by atoms with E-state index in [2.05, 4.69) is 16.8 Å². The number of primary amides is 1. The number of fused-ring (bicyclic) bond motifs is 2. The highest BCUT2D eigenvalue weighted by Gasteiger charge is 2.57. The van der Waals surface area contributed by atoms with E-state index in [1.54, 1.807) is 6.20 Å². The molecule has 2 saturated carbocycles. The maximum atomic E-state index is 11.6. The highest BCUT2D eigenvalue weighted by atomic mass is 16.5. The van der Waals surface area contributed by atoms with Crippen LogP contribution in [0.4, 0.5) is 0 Å². The first-order valence-electron chi connectivity index (χ1n) is 9.06. The predicted octanol–water partition coefficient (Wildman–Crippen LogP) is 2.31. The van der Waals surface area contributed by atoms with E-state index in [0.717, 1.165) is 18.7 Å². The number of aromatic nitrogens is 1. The summed E-state index contributed by atoms with van der Waals surface area (Å²) < 4.78 is 6.24. The molecule has 1 unspecified atom stereocenters. The van der Waals surface area contributed by atoms with Crippen molar-refractivity contribution in [2.45, 2.75) is 50.2 Å². The van der Waals surface area contributed by atoms with Crippen LogP contribution in [-0.2, 0) is 10.3 Å². The molecule has 1 amide bonds. The van der Waals surface area contributed by atoms with Crippen LogP contribution >= 0.6 is 0 Å². The minimum atomic E-state index is -0.476. The Morgan fingerprint density at radius 2 is 2.00 bits per heavy atom. The molecular weight excluding hydrogens is 302 g/mol. The maximum absolute atomic E-state index is 11.6. The standard InChI is InChI=1S/C19H27N3O2/c1-18(7-8-18)22-11-14-4-3-5-15(12-22)19(14,24-2)13-6-9-21-16(10-13)17(20)23/h6,9-10,14-15H,3-5,7-8,11-12H2,1-2H3,(H2,20,23)/t14-,15+,19?. The Morgan fingerprint density at radius 3 is 2.54 bits per heavy atom. The summed E-state index contributed by atoms with van der Waals surface area (Å²) in [4.78, 5) is 18.4. The molecule has 1 aromatic rings. The molecule has 2 bridgehead atoms. The van der Waals surface area contributed by atoms with Gasteiger partial charge in [0.15, 0.2) is 0 Å². The van der Waals surface area contributed by atoms with Gasteiger partial charge >= 0.3 is 0 Å². The van der Waals surface area contributed by atoms with Crippen LogP contribution in [0.2, 0.25) is 0 Å². The van der Waals surface area contributed by atoms with E-state index in [1.807, 2.05) is 19.2 Å². The van der Waals surface area contributed by atoms with Crippen molar-refractivity contribution in [2.24, 2.45) is 17.6 Å². The lowest BCUT2D eigenvalue weighted by molar-refractivity contribution is -0.175. The van der Waals surface area contributed by atoms with E-state index in [-0.39, 0.29) is 5.60 Å². The fourth-order valence-electron chi connectivity index (χ4n) is 5.10. The van der Waals surface area contributed by atoms with Gasteiger partial charge in [-0.05, 0) is 50.3 Å². The molecule has 3 fully saturated rings. The third-order valence-corrected chi connectivity index (χ3v) is 6.74. The third kappa shape index (κ3) is 2.29. The van der Waals surface area contributed by atoms with E-state index < -0.39 is 5.91 Å². The second-order valence-electron chi connectivity index (χ2n) is 8.02. The molecule has 2 N–H and O–H groups in total. The van der Waals surface area contributed by atoms with Crippen molar-refractivity contribution in [1.82, 2.24) is 9.88 Å². The van der Waals surface area contributed by atoms with Gasteiger partial charge in [-0.3, -0.25) is 14.7 Å².